The molecule has 0 aliphatic carbocycles. The maximum absolute atomic E-state index is 14.1. The molecule has 0 aliphatic heterocycles. The molecule has 0 amide bonds. The predicted molar refractivity (Wildman–Crippen MR) is 77.3 cm³/mol. The second-order valence-electron chi connectivity index (χ2n) is 4.60. The highest BCUT2D eigenvalue weighted by atomic mass is 19.1. The van der Waals surface area contributed by atoms with Crippen molar-refractivity contribution < 1.29 is 9.18 Å². The molecule has 2 aromatic carbocycles. The smallest absolute Gasteiger partial charge is 0.152 e. The van der Waals surface area contributed by atoms with Crippen LogP contribution in [0.4, 0.5) is 4.39 Å². The molecule has 2 nitrogen and oxygen atoms in total. The van der Waals surface area contributed by atoms with Crippen LogP contribution < -0.4 is 0 Å². The number of benzene rings is 2. The van der Waals surface area contributed by atoms with Crippen molar-refractivity contribution in [1.29, 1.82) is 0 Å². The summed E-state index contributed by atoms with van der Waals surface area (Å²) in [6.07, 6.45) is 0.747. The van der Waals surface area contributed by atoms with E-state index in [9.17, 15) is 9.18 Å². The summed E-state index contributed by atoms with van der Waals surface area (Å²) in [6.45, 7) is 1.76. The highest BCUT2D eigenvalue weighted by molar-refractivity contribution is 6.03. The third kappa shape index (κ3) is 1.88. The van der Waals surface area contributed by atoms with Crippen LogP contribution in [0, 0.1) is 12.7 Å². The van der Waals surface area contributed by atoms with Crippen molar-refractivity contribution in [2.24, 2.45) is 0 Å². The normalized spacial score (nSPS) is 10.7. The van der Waals surface area contributed by atoms with E-state index < -0.39 is 0 Å². The number of para-hydroxylation sites is 1. The number of carbonyl (C=O) groups is 1. The number of nitrogens with zero attached hydrogens (tertiary/aromatic N) is 1. The van der Waals surface area contributed by atoms with Gasteiger partial charge in [0.15, 0.2) is 6.29 Å². The monoisotopic (exact) mass is 265 g/mol. The Morgan fingerprint density at radius 2 is 1.75 bits per heavy atom. The molecule has 98 valence electrons. The third-order valence-corrected chi connectivity index (χ3v) is 3.38. The van der Waals surface area contributed by atoms with Gasteiger partial charge in [-0.05, 0) is 19.1 Å². The first kappa shape index (κ1) is 12.5. The molecule has 0 aliphatic rings. The largest absolute Gasteiger partial charge is 0.298 e. The van der Waals surface area contributed by atoms with Gasteiger partial charge in [0.25, 0.3) is 0 Å². The van der Waals surface area contributed by atoms with Crippen LogP contribution in [0.5, 0.6) is 0 Å². The van der Waals surface area contributed by atoms with E-state index in [0.717, 1.165) is 17.2 Å². The topological polar surface area (TPSA) is 30.0 Å². The lowest BCUT2D eigenvalue weighted by atomic mass is 9.94. The number of aldehydes is 1. The number of aryl methyl sites for hydroxylation is 1. The molecular formula is C17H12FNO. The van der Waals surface area contributed by atoms with Crippen LogP contribution in [0.2, 0.25) is 0 Å². The summed E-state index contributed by atoms with van der Waals surface area (Å²) in [6, 6.07) is 13.9. The average Bonchev–Trinajstić information content (AvgIpc) is 2.46. The fourth-order valence-corrected chi connectivity index (χ4v) is 2.45. The number of hydrogen-bond acceptors (Lipinski definition) is 2. The van der Waals surface area contributed by atoms with E-state index in [-0.39, 0.29) is 5.82 Å². The van der Waals surface area contributed by atoms with Gasteiger partial charge in [-0.2, -0.15) is 0 Å². The SMILES string of the molecule is Cc1nc2ccccc2c(-c2ccccc2F)c1C=O. The summed E-state index contributed by atoms with van der Waals surface area (Å²) in [5.41, 5.74) is 2.84. The quantitative estimate of drug-likeness (QED) is 0.651. The van der Waals surface area contributed by atoms with Crippen molar-refractivity contribution in [2.75, 3.05) is 0 Å². The van der Waals surface area contributed by atoms with Crippen molar-refractivity contribution in [3.05, 3.63) is 65.6 Å². The van der Waals surface area contributed by atoms with Gasteiger partial charge in [0.1, 0.15) is 5.82 Å². The molecule has 0 spiro atoms. The summed E-state index contributed by atoms with van der Waals surface area (Å²) < 4.78 is 14.1. The molecule has 20 heavy (non-hydrogen) atoms. The van der Waals surface area contributed by atoms with E-state index in [2.05, 4.69) is 4.98 Å². The second-order valence-corrected chi connectivity index (χ2v) is 4.60. The standard InChI is InChI=1S/C17H12FNO/c1-11-14(10-20)17(12-6-2-4-8-15(12)18)13-7-3-5-9-16(13)19-11/h2-10H,1H3. The van der Waals surface area contributed by atoms with Crippen molar-refractivity contribution in [3.8, 4) is 11.1 Å². The van der Waals surface area contributed by atoms with Gasteiger partial charge < -0.3 is 0 Å². The number of rotatable bonds is 2. The number of halogens is 1. The van der Waals surface area contributed by atoms with Gasteiger partial charge in [-0.3, -0.25) is 9.78 Å². The lowest BCUT2D eigenvalue weighted by Crippen LogP contribution is -1.99. The van der Waals surface area contributed by atoms with Gasteiger partial charge >= 0.3 is 0 Å². The zero-order valence-corrected chi connectivity index (χ0v) is 10.9. The minimum absolute atomic E-state index is 0.341. The molecule has 0 bridgehead atoms. The molecule has 0 N–H and O–H groups in total. The van der Waals surface area contributed by atoms with Gasteiger partial charge in [0, 0.05) is 27.8 Å². The van der Waals surface area contributed by atoms with Crippen molar-refractivity contribution in [2.45, 2.75) is 6.92 Å². The Hall–Kier alpha value is -2.55. The van der Waals surface area contributed by atoms with E-state index in [4.69, 9.17) is 0 Å². The van der Waals surface area contributed by atoms with Crippen LogP contribution in [-0.2, 0) is 0 Å². The van der Waals surface area contributed by atoms with E-state index in [1.165, 1.54) is 6.07 Å². The fourth-order valence-electron chi connectivity index (χ4n) is 2.45. The van der Waals surface area contributed by atoms with Gasteiger partial charge in [0.2, 0.25) is 0 Å². The van der Waals surface area contributed by atoms with Crippen LogP contribution in [0.25, 0.3) is 22.0 Å². The number of fused-ring (bicyclic) bond motifs is 1. The van der Waals surface area contributed by atoms with Gasteiger partial charge in [0.05, 0.1) is 5.52 Å². The Bertz CT molecular complexity index is 811. The van der Waals surface area contributed by atoms with Crippen LogP contribution >= 0.6 is 0 Å². The Morgan fingerprint density at radius 1 is 1.05 bits per heavy atom. The Labute approximate surface area is 115 Å². The summed E-state index contributed by atoms with van der Waals surface area (Å²) in [4.78, 5) is 15.8. The number of aromatic nitrogens is 1. The average molecular weight is 265 g/mol. The number of hydrogen-bond donors (Lipinski definition) is 0. The summed E-state index contributed by atoms with van der Waals surface area (Å²) in [5.74, 6) is -0.341. The molecule has 0 saturated heterocycles. The molecule has 1 heterocycles. The van der Waals surface area contributed by atoms with E-state index in [1.54, 1.807) is 25.1 Å². The highest BCUT2D eigenvalue weighted by Crippen LogP contribution is 2.33. The molecule has 3 rings (SSSR count). The zero-order chi connectivity index (χ0) is 14.1. The zero-order valence-electron chi connectivity index (χ0n) is 10.9. The first-order chi connectivity index (χ1) is 9.72. The Kier molecular flexibility index (Phi) is 3.03. The minimum atomic E-state index is -0.341. The molecule has 0 atom stereocenters. The molecular weight excluding hydrogens is 253 g/mol. The van der Waals surface area contributed by atoms with Crippen molar-refractivity contribution in [1.82, 2.24) is 4.98 Å². The molecule has 0 radical (unpaired) electrons. The molecule has 3 heteroatoms. The number of pyridine rings is 1. The van der Waals surface area contributed by atoms with E-state index in [0.29, 0.717) is 22.4 Å². The molecule has 1 aromatic heterocycles. The van der Waals surface area contributed by atoms with E-state index >= 15 is 0 Å². The van der Waals surface area contributed by atoms with Crippen LogP contribution in [-0.4, -0.2) is 11.3 Å². The summed E-state index contributed by atoms with van der Waals surface area (Å²) in [5, 5.41) is 0.783. The van der Waals surface area contributed by atoms with Gasteiger partial charge in [-0.1, -0.05) is 36.4 Å². The second kappa shape index (κ2) is 4.85. The summed E-state index contributed by atoms with van der Waals surface area (Å²) >= 11 is 0. The lowest BCUT2D eigenvalue weighted by molar-refractivity contribution is 0.112. The maximum atomic E-state index is 14.1. The molecule has 3 aromatic rings. The summed E-state index contributed by atoms with van der Waals surface area (Å²) in [7, 11) is 0. The maximum Gasteiger partial charge on any atom is 0.152 e. The Balaban J connectivity index is 2.50. The minimum Gasteiger partial charge on any atom is -0.298 e. The third-order valence-electron chi connectivity index (χ3n) is 3.38. The number of carbonyl (C=O) groups excluding carboxylic acids is 1. The van der Waals surface area contributed by atoms with Crippen molar-refractivity contribution in [3.63, 3.8) is 0 Å². The van der Waals surface area contributed by atoms with E-state index in [1.807, 2.05) is 24.3 Å². The molecule has 0 unspecified atom stereocenters. The fraction of sp³-hybridized carbons (Fsp3) is 0.0588. The van der Waals surface area contributed by atoms with Crippen LogP contribution in [0.3, 0.4) is 0 Å². The molecule has 0 fully saturated rings. The van der Waals surface area contributed by atoms with Crippen LogP contribution in [0.15, 0.2) is 48.5 Å². The predicted octanol–water partition coefficient (Wildman–Crippen LogP) is 4.16. The first-order valence-electron chi connectivity index (χ1n) is 6.32. The van der Waals surface area contributed by atoms with Gasteiger partial charge in [-0.15, -0.1) is 0 Å². The van der Waals surface area contributed by atoms with Crippen molar-refractivity contribution >= 4 is 17.2 Å². The Morgan fingerprint density at radius 3 is 2.50 bits per heavy atom. The molecule has 0 saturated carbocycles. The van der Waals surface area contributed by atoms with Crippen LogP contribution in [0.1, 0.15) is 16.1 Å². The highest BCUT2D eigenvalue weighted by Gasteiger charge is 2.16. The van der Waals surface area contributed by atoms with Gasteiger partial charge in [-0.25, -0.2) is 4.39 Å². The lowest BCUT2D eigenvalue weighted by Gasteiger charge is -2.12. The first-order valence-corrected chi connectivity index (χ1v) is 6.32.